The van der Waals surface area contributed by atoms with E-state index >= 15 is 0 Å². The molecule has 96 valence electrons. The first-order chi connectivity index (χ1) is 8.75. The number of aryl methyl sites for hydroxylation is 1. The van der Waals surface area contributed by atoms with Crippen molar-refractivity contribution in [2.24, 2.45) is 0 Å². The van der Waals surface area contributed by atoms with E-state index in [2.05, 4.69) is 36.4 Å². The zero-order valence-corrected chi connectivity index (χ0v) is 11.4. The smallest absolute Gasteiger partial charge is 0.137 e. The highest BCUT2D eigenvalue weighted by Gasteiger charge is 2.01. The van der Waals surface area contributed by atoms with Crippen molar-refractivity contribution in [3.8, 4) is 0 Å². The Hall–Kier alpha value is -1.27. The lowest BCUT2D eigenvalue weighted by molar-refractivity contribution is 0.619. The van der Waals surface area contributed by atoms with Gasteiger partial charge in [-0.05, 0) is 30.7 Å². The van der Waals surface area contributed by atoms with E-state index in [0.717, 1.165) is 41.8 Å². The van der Waals surface area contributed by atoms with Crippen LogP contribution in [0.3, 0.4) is 0 Å². The van der Waals surface area contributed by atoms with Gasteiger partial charge in [-0.2, -0.15) is 5.10 Å². The van der Waals surface area contributed by atoms with Gasteiger partial charge in [-0.1, -0.05) is 22.0 Å². The third kappa shape index (κ3) is 3.89. The van der Waals surface area contributed by atoms with Crippen LogP contribution in [0.1, 0.15) is 17.8 Å². The summed E-state index contributed by atoms with van der Waals surface area (Å²) >= 11 is 3.34. The van der Waals surface area contributed by atoms with E-state index in [1.807, 2.05) is 0 Å². The minimum atomic E-state index is -0.226. The first-order valence-electron chi connectivity index (χ1n) is 5.74. The summed E-state index contributed by atoms with van der Waals surface area (Å²) < 4.78 is 13.7. The predicted molar refractivity (Wildman–Crippen MR) is 70.5 cm³/mol. The van der Waals surface area contributed by atoms with Crippen LogP contribution in [-0.4, -0.2) is 21.7 Å². The van der Waals surface area contributed by atoms with Crippen LogP contribution in [0.4, 0.5) is 4.39 Å². The topological polar surface area (TPSA) is 53.6 Å². The maximum absolute atomic E-state index is 12.9. The summed E-state index contributed by atoms with van der Waals surface area (Å²) in [6, 6.07) is 4.73. The summed E-state index contributed by atoms with van der Waals surface area (Å²) in [5.41, 5.74) is 1.05. The summed E-state index contributed by atoms with van der Waals surface area (Å²) in [7, 11) is 0. The quantitative estimate of drug-likeness (QED) is 0.805. The van der Waals surface area contributed by atoms with Crippen LogP contribution < -0.4 is 5.32 Å². The van der Waals surface area contributed by atoms with Crippen molar-refractivity contribution in [1.82, 2.24) is 20.5 Å². The van der Waals surface area contributed by atoms with Crippen LogP contribution in [0.15, 0.2) is 29.0 Å². The summed E-state index contributed by atoms with van der Waals surface area (Å²) in [4.78, 5) is 4.05. The molecule has 0 aliphatic heterocycles. The lowest BCUT2D eigenvalue weighted by Crippen LogP contribution is -2.15. The van der Waals surface area contributed by atoms with Crippen molar-refractivity contribution < 1.29 is 4.39 Å². The zero-order valence-electron chi connectivity index (χ0n) is 9.79. The van der Waals surface area contributed by atoms with Crippen LogP contribution >= 0.6 is 15.9 Å². The van der Waals surface area contributed by atoms with Crippen LogP contribution in [0.25, 0.3) is 0 Å². The Bertz CT molecular complexity index is 487. The molecule has 18 heavy (non-hydrogen) atoms. The molecule has 2 N–H and O–H groups in total. The SMILES string of the molecule is Fc1ccc(CNCCCc2ncn[nH]2)c(Br)c1. The molecule has 1 heterocycles. The Morgan fingerprint density at radius 3 is 3.00 bits per heavy atom. The van der Waals surface area contributed by atoms with Crippen molar-refractivity contribution in [3.63, 3.8) is 0 Å². The number of H-pyrrole nitrogens is 1. The van der Waals surface area contributed by atoms with Gasteiger partial charge in [0.05, 0.1) is 0 Å². The second-order valence-corrected chi connectivity index (χ2v) is 4.80. The summed E-state index contributed by atoms with van der Waals surface area (Å²) in [5, 5.41) is 9.92. The fourth-order valence-corrected chi connectivity index (χ4v) is 2.11. The summed E-state index contributed by atoms with van der Waals surface area (Å²) in [5.74, 6) is 0.677. The molecular formula is C12H14BrFN4. The molecule has 0 saturated carbocycles. The lowest BCUT2D eigenvalue weighted by atomic mass is 10.2. The van der Waals surface area contributed by atoms with Crippen molar-refractivity contribution in [3.05, 3.63) is 46.2 Å². The first-order valence-corrected chi connectivity index (χ1v) is 6.54. The third-order valence-corrected chi connectivity index (χ3v) is 3.30. The normalized spacial score (nSPS) is 10.8. The maximum atomic E-state index is 12.9. The fraction of sp³-hybridized carbons (Fsp3) is 0.333. The van der Waals surface area contributed by atoms with Crippen LogP contribution in [0.5, 0.6) is 0 Å². The van der Waals surface area contributed by atoms with Crippen molar-refractivity contribution >= 4 is 15.9 Å². The van der Waals surface area contributed by atoms with Crippen molar-refractivity contribution in [1.29, 1.82) is 0 Å². The average Bonchev–Trinajstić information content (AvgIpc) is 2.84. The van der Waals surface area contributed by atoms with Gasteiger partial charge in [0.25, 0.3) is 0 Å². The van der Waals surface area contributed by atoms with Crippen LogP contribution in [0.2, 0.25) is 0 Å². The number of hydrogen-bond donors (Lipinski definition) is 2. The molecule has 0 spiro atoms. The molecule has 0 aliphatic carbocycles. The number of rotatable bonds is 6. The highest BCUT2D eigenvalue weighted by atomic mass is 79.9. The van der Waals surface area contributed by atoms with Crippen LogP contribution in [-0.2, 0) is 13.0 Å². The zero-order chi connectivity index (χ0) is 12.8. The predicted octanol–water partition coefficient (Wildman–Crippen LogP) is 2.43. The molecule has 2 rings (SSSR count). The highest BCUT2D eigenvalue weighted by Crippen LogP contribution is 2.17. The molecule has 0 bridgehead atoms. The Kier molecular flexibility index (Phi) is 4.83. The van der Waals surface area contributed by atoms with E-state index in [-0.39, 0.29) is 5.82 Å². The first kappa shape index (κ1) is 13.2. The number of benzene rings is 1. The maximum Gasteiger partial charge on any atom is 0.137 e. The molecule has 1 aromatic carbocycles. The van der Waals surface area contributed by atoms with Gasteiger partial charge in [0.15, 0.2) is 0 Å². The number of nitrogens with one attached hydrogen (secondary N) is 2. The Morgan fingerprint density at radius 1 is 1.39 bits per heavy atom. The molecule has 0 saturated heterocycles. The molecule has 6 heteroatoms. The molecule has 2 aromatic rings. The number of nitrogens with zero attached hydrogens (tertiary/aromatic N) is 2. The second kappa shape index (κ2) is 6.61. The number of halogens is 2. The molecular weight excluding hydrogens is 299 g/mol. The minimum Gasteiger partial charge on any atom is -0.313 e. The summed E-state index contributed by atoms with van der Waals surface area (Å²) in [6.07, 6.45) is 3.37. The molecule has 0 fully saturated rings. The van der Waals surface area contributed by atoms with E-state index in [0.29, 0.717) is 0 Å². The monoisotopic (exact) mass is 312 g/mol. The van der Waals surface area contributed by atoms with Gasteiger partial charge in [-0.15, -0.1) is 0 Å². The standard InChI is InChI=1S/C12H14BrFN4/c13-11-6-10(14)4-3-9(11)7-15-5-1-2-12-16-8-17-18-12/h3-4,6,8,15H,1-2,5,7H2,(H,16,17,18). The Balaban J connectivity index is 1.69. The van der Waals surface area contributed by atoms with Gasteiger partial charge in [0.1, 0.15) is 18.0 Å². The van der Waals surface area contributed by atoms with E-state index in [9.17, 15) is 4.39 Å². The van der Waals surface area contributed by atoms with E-state index in [1.165, 1.54) is 18.5 Å². The molecule has 0 unspecified atom stereocenters. The average molecular weight is 313 g/mol. The van der Waals surface area contributed by atoms with Gasteiger partial charge in [-0.3, -0.25) is 5.10 Å². The van der Waals surface area contributed by atoms with Crippen molar-refractivity contribution in [2.45, 2.75) is 19.4 Å². The molecule has 1 aromatic heterocycles. The molecule has 0 aliphatic rings. The molecule has 0 atom stereocenters. The van der Waals surface area contributed by atoms with Crippen LogP contribution in [0, 0.1) is 5.82 Å². The molecule has 4 nitrogen and oxygen atoms in total. The van der Waals surface area contributed by atoms with Gasteiger partial charge in [0, 0.05) is 17.4 Å². The van der Waals surface area contributed by atoms with Gasteiger partial charge in [-0.25, -0.2) is 9.37 Å². The largest absolute Gasteiger partial charge is 0.313 e. The van der Waals surface area contributed by atoms with E-state index in [1.54, 1.807) is 6.07 Å². The number of aromatic nitrogens is 3. The number of hydrogen-bond acceptors (Lipinski definition) is 3. The number of aromatic amines is 1. The van der Waals surface area contributed by atoms with Crippen molar-refractivity contribution in [2.75, 3.05) is 6.54 Å². The second-order valence-electron chi connectivity index (χ2n) is 3.95. The lowest BCUT2D eigenvalue weighted by Gasteiger charge is -2.06. The minimum absolute atomic E-state index is 0.226. The molecule has 0 radical (unpaired) electrons. The van der Waals surface area contributed by atoms with Gasteiger partial charge in [0.2, 0.25) is 0 Å². The molecule has 0 amide bonds. The highest BCUT2D eigenvalue weighted by molar-refractivity contribution is 9.10. The Labute approximate surface area is 113 Å². The summed E-state index contributed by atoms with van der Waals surface area (Å²) in [6.45, 7) is 1.60. The van der Waals surface area contributed by atoms with E-state index < -0.39 is 0 Å². The van der Waals surface area contributed by atoms with E-state index in [4.69, 9.17) is 0 Å². The third-order valence-electron chi connectivity index (χ3n) is 2.56. The van der Waals surface area contributed by atoms with Gasteiger partial charge < -0.3 is 5.32 Å². The Morgan fingerprint density at radius 2 is 2.28 bits per heavy atom. The van der Waals surface area contributed by atoms with Gasteiger partial charge >= 0.3 is 0 Å². The fourth-order valence-electron chi connectivity index (χ4n) is 1.62.